The third-order valence-electron chi connectivity index (χ3n) is 1.75. The van der Waals surface area contributed by atoms with Gasteiger partial charge in [-0.25, -0.2) is 0 Å². The molecule has 12 heavy (non-hydrogen) atoms. The van der Waals surface area contributed by atoms with Crippen LogP contribution in [0.1, 0.15) is 5.76 Å². The molecule has 0 aliphatic carbocycles. The van der Waals surface area contributed by atoms with Gasteiger partial charge in [-0.15, -0.1) is 0 Å². The van der Waals surface area contributed by atoms with Crippen LogP contribution in [0.4, 0.5) is 0 Å². The van der Waals surface area contributed by atoms with Crippen LogP contribution in [0.3, 0.4) is 0 Å². The van der Waals surface area contributed by atoms with E-state index in [1.165, 1.54) is 0 Å². The van der Waals surface area contributed by atoms with Gasteiger partial charge in [0.2, 0.25) is 0 Å². The summed E-state index contributed by atoms with van der Waals surface area (Å²) in [6.45, 7) is 1.88. The molecule has 0 fully saturated rings. The molecule has 0 aliphatic heterocycles. The highest BCUT2D eigenvalue weighted by Crippen LogP contribution is 2.21. The van der Waals surface area contributed by atoms with E-state index in [0.717, 1.165) is 16.9 Å². The predicted octanol–water partition coefficient (Wildman–Crippen LogP) is 2.45. The second-order valence-electron chi connectivity index (χ2n) is 2.59. The number of benzene rings is 1. The quantitative estimate of drug-likeness (QED) is 0.637. The maximum Gasteiger partial charge on any atom is 0.144 e. The van der Waals surface area contributed by atoms with Crippen LogP contribution in [0.2, 0.25) is 0 Å². The molecule has 2 heteroatoms. The van der Waals surface area contributed by atoms with Gasteiger partial charge < -0.3 is 4.52 Å². The molecule has 1 radical (unpaired) electrons. The zero-order valence-electron chi connectivity index (χ0n) is 6.74. The molecule has 0 atom stereocenters. The van der Waals surface area contributed by atoms with Gasteiger partial charge in [0, 0.05) is 0 Å². The number of hydrogen-bond acceptors (Lipinski definition) is 2. The first-order valence-electron chi connectivity index (χ1n) is 3.77. The number of hydrogen-bond donors (Lipinski definition) is 0. The van der Waals surface area contributed by atoms with E-state index in [1.54, 1.807) is 0 Å². The predicted molar refractivity (Wildman–Crippen MR) is 45.5 cm³/mol. The van der Waals surface area contributed by atoms with Gasteiger partial charge in [-0.1, -0.05) is 35.5 Å². The second-order valence-corrected chi connectivity index (χ2v) is 2.59. The molecular weight excluding hydrogens is 150 g/mol. The Balaban J connectivity index is 2.51. The van der Waals surface area contributed by atoms with Gasteiger partial charge in [0.15, 0.2) is 0 Å². The Morgan fingerprint density at radius 3 is 2.58 bits per heavy atom. The topological polar surface area (TPSA) is 26.0 Å². The van der Waals surface area contributed by atoms with Crippen LogP contribution in [0.25, 0.3) is 11.1 Å². The zero-order chi connectivity index (χ0) is 8.39. The van der Waals surface area contributed by atoms with Crippen molar-refractivity contribution in [1.29, 1.82) is 0 Å². The van der Waals surface area contributed by atoms with E-state index in [0.29, 0.717) is 0 Å². The molecule has 0 N–H and O–H groups in total. The molecule has 1 aromatic heterocycles. The van der Waals surface area contributed by atoms with Crippen molar-refractivity contribution in [2.45, 2.75) is 6.92 Å². The summed E-state index contributed by atoms with van der Waals surface area (Å²) in [6.07, 6.45) is 2.81. The summed E-state index contributed by atoms with van der Waals surface area (Å²) in [4.78, 5) is 0. The highest BCUT2D eigenvalue weighted by atomic mass is 16.5. The van der Waals surface area contributed by atoms with Gasteiger partial charge in [-0.05, 0) is 12.5 Å². The lowest BCUT2D eigenvalue weighted by Crippen LogP contribution is -1.75. The molecule has 2 aromatic rings. The van der Waals surface area contributed by atoms with Gasteiger partial charge >= 0.3 is 0 Å². The van der Waals surface area contributed by atoms with Crippen molar-refractivity contribution in [2.24, 2.45) is 0 Å². The van der Waals surface area contributed by atoms with E-state index in [2.05, 4.69) is 11.4 Å². The average molecular weight is 158 g/mol. The van der Waals surface area contributed by atoms with Crippen molar-refractivity contribution < 1.29 is 4.52 Å². The zero-order valence-corrected chi connectivity index (χ0v) is 6.74. The van der Waals surface area contributed by atoms with Crippen molar-refractivity contribution >= 4 is 0 Å². The Morgan fingerprint density at radius 1 is 1.25 bits per heavy atom. The fraction of sp³-hybridized carbons (Fsp3) is 0.100. The summed E-state index contributed by atoms with van der Waals surface area (Å²) >= 11 is 0. The van der Waals surface area contributed by atoms with E-state index in [1.807, 2.05) is 37.3 Å². The molecule has 2 nitrogen and oxygen atoms in total. The number of aryl methyl sites for hydroxylation is 1. The van der Waals surface area contributed by atoms with Gasteiger partial charge in [0.1, 0.15) is 12.0 Å². The van der Waals surface area contributed by atoms with E-state index in [4.69, 9.17) is 4.52 Å². The van der Waals surface area contributed by atoms with Gasteiger partial charge in [-0.2, -0.15) is 0 Å². The fourth-order valence-corrected chi connectivity index (χ4v) is 1.13. The lowest BCUT2D eigenvalue weighted by Gasteiger charge is -1.94. The molecule has 0 unspecified atom stereocenters. The lowest BCUT2D eigenvalue weighted by molar-refractivity contribution is 0.396. The van der Waals surface area contributed by atoms with Crippen LogP contribution in [-0.4, -0.2) is 5.16 Å². The SMILES string of the molecule is Cc1on[c]c1-c1ccccc1. The first kappa shape index (κ1) is 7.10. The molecule has 0 saturated carbocycles. The standard InChI is InChI=1S/C10H8NO/c1-8-10(7-11-12-8)9-5-3-2-4-6-9/h2-6H,1H3. The minimum absolute atomic E-state index is 0.807. The summed E-state index contributed by atoms with van der Waals surface area (Å²) in [5, 5.41) is 3.60. The minimum Gasteiger partial charge on any atom is -0.360 e. The Kier molecular flexibility index (Phi) is 1.67. The monoisotopic (exact) mass is 158 g/mol. The Hall–Kier alpha value is -1.57. The molecule has 1 heterocycles. The van der Waals surface area contributed by atoms with E-state index in [9.17, 15) is 0 Å². The van der Waals surface area contributed by atoms with Crippen LogP contribution in [0, 0.1) is 13.1 Å². The van der Waals surface area contributed by atoms with Gasteiger partial charge in [-0.3, -0.25) is 0 Å². The van der Waals surface area contributed by atoms with Crippen LogP contribution in [-0.2, 0) is 0 Å². The van der Waals surface area contributed by atoms with E-state index < -0.39 is 0 Å². The molecule has 0 saturated heterocycles. The van der Waals surface area contributed by atoms with Crippen LogP contribution in [0.5, 0.6) is 0 Å². The van der Waals surface area contributed by atoms with Crippen molar-refractivity contribution in [3.8, 4) is 11.1 Å². The average Bonchev–Trinajstić information content (AvgIpc) is 2.53. The molecule has 0 aliphatic rings. The van der Waals surface area contributed by atoms with Crippen LogP contribution in [0.15, 0.2) is 34.9 Å². The summed E-state index contributed by atoms with van der Waals surface area (Å²) in [6, 6.07) is 9.96. The van der Waals surface area contributed by atoms with Crippen molar-refractivity contribution in [3.63, 3.8) is 0 Å². The maximum absolute atomic E-state index is 4.91. The molecule has 0 spiro atoms. The van der Waals surface area contributed by atoms with E-state index in [-0.39, 0.29) is 0 Å². The minimum atomic E-state index is 0.807. The highest BCUT2D eigenvalue weighted by Gasteiger charge is 2.04. The summed E-state index contributed by atoms with van der Waals surface area (Å²) in [5.41, 5.74) is 2.03. The number of rotatable bonds is 1. The van der Waals surface area contributed by atoms with Gasteiger partial charge in [0.05, 0.1) is 5.56 Å². The Morgan fingerprint density at radius 2 is 2.00 bits per heavy atom. The first-order chi connectivity index (χ1) is 5.88. The summed E-state index contributed by atoms with van der Waals surface area (Å²) < 4.78 is 4.91. The first-order valence-corrected chi connectivity index (χ1v) is 3.77. The lowest BCUT2D eigenvalue weighted by atomic mass is 10.1. The maximum atomic E-state index is 4.91. The normalized spacial score (nSPS) is 10.1. The van der Waals surface area contributed by atoms with Crippen LogP contribution >= 0.6 is 0 Å². The largest absolute Gasteiger partial charge is 0.360 e. The van der Waals surface area contributed by atoms with Crippen LogP contribution < -0.4 is 0 Å². The Labute approximate surface area is 70.8 Å². The van der Waals surface area contributed by atoms with Gasteiger partial charge in [0.25, 0.3) is 0 Å². The van der Waals surface area contributed by atoms with E-state index >= 15 is 0 Å². The third kappa shape index (κ3) is 1.11. The molecule has 1 aromatic carbocycles. The van der Waals surface area contributed by atoms with Crippen molar-refractivity contribution in [1.82, 2.24) is 5.16 Å². The summed E-state index contributed by atoms with van der Waals surface area (Å²) in [7, 11) is 0. The molecular formula is C10H8NO. The summed E-state index contributed by atoms with van der Waals surface area (Å²) in [5.74, 6) is 0.807. The molecule has 2 rings (SSSR count). The molecule has 59 valence electrons. The fourth-order valence-electron chi connectivity index (χ4n) is 1.13. The number of aromatic nitrogens is 1. The smallest absolute Gasteiger partial charge is 0.144 e. The second kappa shape index (κ2) is 2.81. The highest BCUT2D eigenvalue weighted by molar-refractivity contribution is 5.63. The third-order valence-corrected chi connectivity index (χ3v) is 1.75. The number of nitrogens with zero attached hydrogens (tertiary/aromatic N) is 1. The molecule has 0 amide bonds. The van der Waals surface area contributed by atoms with Crippen molar-refractivity contribution in [2.75, 3.05) is 0 Å². The Bertz CT molecular complexity index is 364. The molecule has 0 bridgehead atoms. The van der Waals surface area contributed by atoms with Crippen molar-refractivity contribution in [3.05, 3.63) is 42.3 Å².